The molecule has 0 unspecified atom stereocenters. The lowest BCUT2D eigenvalue weighted by atomic mass is 10.0. The Kier molecular flexibility index (Phi) is 4.55. The van der Waals surface area contributed by atoms with Gasteiger partial charge in [-0.1, -0.05) is 15.9 Å². The number of hydrogen-bond acceptors (Lipinski definition) is 5. The van der Waals surface area contributed by atoms with Crippen LogP contribution in [0.3, 0.4) is 0 Å². The zero-order valence-electron chi connectivity index (χ0n) is 13.8. The van der Waals surface area contributed by atoms with Crippen LogP contribution in [-0.2, 0) is 22.4 Å². The van der Waals surface area contributed by atoms with E-state index in [0.29, 0.717) is 43.3 Å². The molecule has 0 radical (unpaired) electrons. The first kappa shape index (κ1) is 16.9. The molecule has 0 aliphatic carbocycles. The zero-order chi connectivity index (χ0) is 18.1. The Morgan fingerprint density at radius 2 is 1.88 bits per heavy atom. The first-order valence-electron chi connectivity index (χ1n) is 8.30. The van der Waals surface area contributed by atoms with E-state index in [1.807, 2.05) is 0 Å². The number of anilines is 1. The summed E-state index contributed by atoms with van der Waals surface area (Å²) in [4.78, 5) is 23.7. The molecule has 26 heavy (non-hydrogen) atoms. The Balaban J connectivity index is 1.47. The van der Waals surface area contributed by atoms with Crippen molar-refractivity contribution in [1.29, 1.82) is 0 Å². The highest BCUT2D eigenvalue weighted by molar-refractivity contribution is 9.10. The Hall–Kier alpha value is -2.54. The number of amides is 1. The highest BCUT2D eigenvalue weighted by Gasteiger charge is 2.19. The quantitative estimate of drug-likeness (QED) is 0.612. The summed E-state index contributed by atoms with van der Waals surface area (Å²) >= 11 is 3.46. The average Bonchev–Trinajstić information content (AvgIpc) is 2.62. The summed E-state index contributed by atoms with van der Waals surface area (Å²) in [6.45, 7) is 1.00. The monoisotopic (exact) mass is 417 g/mol. The highest BCUT2D eigenvalue weighted by atomic mass is 79.9. The van der Waals surface area contributed by atoms with E-state index in [4.69, 9.17) is 14.2 Å². The van der Waals surface area contributed by atoms with Gasteiger partial charge < -0.3 is 19.5 Å². The fourth-order valence-corrected chi connectivity index (χ4v) is 3.45. The molecule has 0 atom stereocenters. The molecule has 0 spiro atoms. The SMILES string of the molecule is O=C1CCc2cc(OC(=O)Cc3cc4c(cc3Br)OCCO4)ccc2N1. The number of aryl methyl sites for hydroxylation is 1. The Labute approximate surface area is 158 Å². The van der Waals surface area contributed by atoms with Crippen molar-refractivity contribution in [2.75, 3.05) is 18.5 Å². The fourth-order valence-electron chi connectivity index (χ4n) is 2.99. The first-order chi connectivity index (χ1) is 12.6. The van der Waals surface area contributed by atoms with Gasteiger partial charge in [-0.05, 0) is 47.9 Å². The van der Waals surface area contributed by atoms with Crippen LogP contribution in [0.25, 0.3) is 0 Å². The summed E-state index contributed by atoms with van der Waals surface area (Å²) in [7, 11) is 0. The van der Waals surface area contributed by atoms with Gasteiger partial charge in [-0.3, -0.25) is 9.59 Å². The maximum absolute atomic E-state index is 12.3. The van der Waals surface area contributed by atoms with E-state index >= 15 is 0 Å². The van der Waals surface area contributed by atoms with Crippen LogP contribution in [0.1, 0.15) is 17.5 Å². The van der Waals surface area contributed by atoms with E-state index in [9.17, 15) is 9.59 Å². The normalized spacial score (nSPS) is 15.0. The Morgan fingerprint density at radius 1 is 1.12 bits per heavy atom. The summed E-state index contributed by atoms with van der Waals surface area (Å²) in [6, 6.07) is 8.84. The topological polar surface area (TPSA) is 73.9 Å². The predicted molar refractivity (Wildman–Crippen MR) is 97.9 cm³/mol. The van der Waals surface area contributed by atoms with E-state index < -0.39 is 0 Å². The van der Waals surface area contributed by atoms with Gasteiger partial charge in [-0.2, -0.15) is 0 Å². The number of rotatable bonds is 3. The molecule has 0 saturated carbocycles. The van der Waals surface area contributed by atoms with Crippen LogP contribution in [0.4, 0.5) is 5.69 Å². The summed E-state index contributed by atoms with van der Waals surface area (Å²) in [5.41, 5.74) is 2.51. The van der Waals surface area contributed by atoms with Crippen molar-refractivity contribution in [3.8, 4) is 17.2 Å². The van der Waals surface area contributed by atoms with Crippen molar-refractivity contribution < 1.29 is 23.8 Å². The first-order valence-corrected chi connectivity index (χ1v) is 9.09. The number of esters is 1. The molecular weight excluding hydrogens is 402 g/mol. The number of hydrogen-bond donors (Lipinski definition) is 1. The van der Waals surface area contributed by atoms with E-state index in [2.05, 4.69) is 21.2 Å². The summed E-state index contributed by atoms with van der Waals surface area (Å²) < 4.78 is 17.3. The molecule has 6 nitrogen and oxygen atoms in total. The molecule has 0 aromatic heterocycles. The molecular formula is C19H16BrNO5. The van der Waals surface area contributed by atoms with Gasteiger partial charge in [-0.25, -0.2) is 0 Å². The van der Waals surface area contributed by atoms with Crippen molar-refractivity contribution in [2.24, 2.45) is 0 Å². The second-order valence-electron chi connectivity index (χ2n) is 6.11. The third kappa shape index (κ3) is 3.53. The number of nitrogens with one attached hydrogen (secondary N) is 1. The van der Waals surface area contributed by atoms with E-state index in [1.165, 1.54) is 0 Å². The van der Waals surface area contributed by atoms with Gasteiger partial charge in [0.15, 0.2) is 11.5 Å². The van der Waals surface area contributed by atoms with Crippen molar-refractivity contribution in [3.05, 3.63) is 45.9 Å². The average molecular weight is 418 g/mol. The molecule has 2 aromatic carbocycles. The minimum Gasteiger partial charge on any atom is -0.486 e. The molecule has 134 valence electrons. The van der Waals surface area contributed by atoms with Gasteiger partial charge in [0.05, 0.1) is 6.42 Å². The number of ether oxygens (including phenoxy) is 3. The number of carbonyl (C=O) groups excluding carboxylic acids is 2. The molecule has 1 N–H and O–H groups in total. The maximum Gasteiger partial charge on any atom is 0.315 e. The minimum atomic E-state index is -0.373. The largest absolute Gasteiger partial charge is 0.486 e. The van der Waals surface area contributed by atoms with Crippen molar-refractivity contribution in [2.45, 2.75) is 19.3 Å². The molecule has 4 rings (SSSR count). The lowest BCUT2D eigenvalue weighted by Gasteiger charge is -2.20. The molecule has 0 fully saturated rings. The van der Waals surface area contributed by atoms with Crippen LogP contribution in [0.2, 0.25) is 0 Å². The Bertz CT molecular complexity index is 896. The number of carbonyl (C=O) groups is 2. The molecule has 2 aliphatic rings. The third-order valence-electron chi connectivity index (χ3n) is 4.25. The van der Waals surface area contributed by atoms with Crippen LogP contribution in [-0.4, -0.2) is 25.1 Å². The fraction of sp³-hybridized carbons (Fsp3) is 0.263. The van der Waals surface area contributed by atoms with Crippen LogP contribution < -0.4 is 19.5 Å². The standard InChI is InChI=1S/C19H16BrNO5/c20-14-10-17-16(24-5-6-25-17)8-12(14)9-19(23)26-13-2-3-15-11(7-13)1-4-18(22)21-15/h2-3,7-8,10H,1,4-6,9H2,(H,21,22). The van der Waals surface area contributed by atoms with Gasteiger partial charge in [0, 0.05) is 16.6 Å². The zero-order valence-corrected chi connectivity index (χ0v) is 15.4. The molecule has 0 bridgehead atoms. The lowest BCUT2D eigenvalue weighted by Crippen LogP contribution is -2.19. The summed E-state index contributed by atoms with van der Waals surface area (Å²) in [5.74, 6) is 1.40. The second-order valence-corrected chi connectivity index (χ2v) is 6.96. The number of halogens is 1. The molecule has 1 amide bonds. The molecule has 2 aromatic rings. The molecule has 2 aliphatic heterocycles. The lowest BCUT2D eigenvalue weighted by molar-refractivity contribution is -0.133. The second kappa shape index (κ2) is 6.99. The van der Waals surface area contributed by atoms with Crippen molar-refractivity contribution >= 4 is 33.5 Å². The van der Waals surface area contributed by atoms with Gasteiger partial charge in [-0.15, -0.1) is 0 Å². The van der Waals surface area contributed by atoms with Crippen LogP contribution in [0, 0.1) is 0 Å². The number of fused-ring (bicyclic) bond motifs is 2. The van der Waals surface area contributed by atoms with Gasteiger partial charge in [0.2, 0.25) is 5.91 Å². The van der Waals surface area contributed by atoms with E-state index in [0.717, 1.165) is 21.3 Å². The third-order valence-corrected chi connectivity index (χ3v) is 4.99. The van der Waals surface area contributed by atoms with Crippen LogP contribution in [0.5, 0.6) is 17.2 Å². The molecule has 2 heterocycles. The van der Waals surface area contributed by atoms with E-state index in [1.54, 1.807) is 30.3 Å². The predicted octanol–water partition coefficient (Wildman–Crippen LogP) is 3.25. The van der Waals surface area contributed by atoms with Crippen molar-refractivity contribution in [3.63, 3.8) is 0 Å². The number of benzene rings is 2. The summed E-state index contributed by atoms with van der Waals surface area (Å²) in [5, 5.41) is 2.81. The summed E-state index contributed by atoms with van der Waals surface area (Å²) in [6.07, 6.45) is 1.18. The smallest absolute Gasteiger partial charge is 0.315 e. The van der Waals surface area contributed by atoms with Gasteiger partial charge in [0.25, 0.3) is 0 Å². The van der Waals surface area contributed by atoms with E-state index in [-0.39, 0.29) is 18.3 Å². The van der Waals surface area contributed by atoms with Crippen LogP contribution >= 0.6 is 15.9 Å². The van der Waals surface area contributed by atoms with Crippen molar-refractivity contribution in [1.82, 2.24) is 0 Å². The molecule has 7 heteroatoms. The highest BCUT2D eigenvalue weighted by Crippen LogP contribution is 2.36. The van der Waals surface area contributed by atoms with Crippen LogP contribution in [0.15, 0.2) is 34.8 Å². The van der Waals surface area contributed by atoms with Gasteiger partial charge in [0.1, 0.15) is 19.0 Å². The Morgan fingerprint density at radius 3 is 2.69 bits per heavy atom. The maximum atomic E-state index is 12.3. The minimum absolute atomic E-state index is 0.00528. The molecule has 0 saturated heterocycles. The van der Waals surface area contributed by atoms with Gasteiger partial charge >= 0.3 is 5.97 Å².